The van der Waals surface area contributed by atoms with Crippen molar-refractivity contribution in [1.29, 1.82) is 0 Å². The number of benzene rings is 2. The lowest BCUT2D eigenvalue weighted by Gasteiger charge is -2.21. The first-order chi connectivity index (χ1) is 11.1. The van der Waals surface area contributed by atoms with Crippen molar-refractivity contribution in [3.05, 3.63) is 48.3 Å². The zero-order valence-corrected chi connectivity index (χ0v) is 13.2. The molecule has 3 rings (SSSR count). The third-order valence-corrected chi connectivity index (χ3v) is 3.71. The second-order valence-electron chi connectivity index (χ2n) is 5.20. The SMILES string of the molecule is COc1ccc(N(C)c2nc(CN)nc3ccc(N)cc23)cc1. The molecule has 0 aliphatic carbocycles. The molecule has 0 atom stereocenters. The predicted octanol–water partition coefficient (Wildman–Crippen LogP) is 2.45. The molecule has 0 fully saturated rings. The van der Waals surface area contributed by atoms with Gasteiger partial charge in [0.05, 0.1) is 19.2 Å². The van der Waals surface area contributed by atoms with Gasteiger partial charge >= 0.3 is 0 Å². The van der Waals surface area contributed by atoms with Gasteiger partial charge in [-0.3, -0.25) is 0 Å². The van der Waals surface area contributed by atoms with Crippen molar-refractivity contribution in [2.75, 3.05) is 24.8 Å². The van der Waals surface area contributed by atoms with Crippen LogP contribution in [-0.2, 0) is 6.54 Å². The number of methoxy groups -OCH3 is 1. The summed E-state index contributed by atoms with van der Waals surface area (Å²) in [6, 6.07) is 13.4. The van der Waals surface area contributed by atoms with Gasteiger partial charge in [-0.2, -0.15) is 0 Å². The number of nitrogens with zero attached hydrogens (tertiary/aromatic N) is 3. The summed E-state index contributed by atoms with van der Waals surface area (Å²) in [5.41, 5.74) is 14.1. The van der Waals surface area contributed by atoms with E-state index in [1.54, 1.807) is 7.11 Å². The summed E-state index contributed by atoms with van der Waals surface area (Å²) in [6.07, 6.45) is 0. The van der Waals surface area contributed by atoms with Gasteiger partial charge in [-0.25, -0.2) is 9.97 Å². The average molecular weight is 309 g/mol. The van der Waals surface area contributed by atoms with Gasteiger partial charge in [0, 0.05) is 23.8 Å². The van der Waals surface area contributed by atoms with E-state index in [4.69, 9.17) is 16.2 Å². The first-order valence-electron chi connectivity index (χ1n) is 7.26. The number of hydrogen-bond acceptors (Lipinski definition) is 6. The van der Waals surface area contributed by atoms with Gasteiger partial charge in [0.2, 0.25) is 0 Å². The Morgan fingerprint density at radius 3 is 2.48 bits per heavy atom. The molecule has 1 heterocycles. The topological polar surface area (TPSA) is 90.3 Å². The molecule has 0 radical (unpaired) electrons. The smallest absolute Gasteiger partial charge is 0.144 e. The van der Waals surface area contributed by atoms with E-state index in [9.17, 15) is 0 Å². The van der Waals surface area contributed by atoms with Crippen molar-refractivity contribution in [3.8, 4) is 5.75 Å². The van der Waals surface area contributed by atoms with Crippen LogP contribution in [0.4, 0.5) is 17.2 Å². The van der Waals surface area contributed by atoms with Crippen molar-refractivity contribution in [2.45, 2.75) is 6.54 Å². The Labute approximate surface area is 134 Å². The zero-order chi connectivity index (χ0) is 16.4. The summed E-state index contributed by atoms with van der Waals surface area (Å²) >= 11 is 0. The summed E-state index contributed by atoms with van der Waals surface area (Å²) in [5.74, 6) is 2.17. The number of aromatic nitrogens is 2. The molecule has 0 amide bonds. The minimum Gasteiger partial charge on any atom is -0.497 e. The maximum absolute atomic E-state index is 5.92. The molecule has 1 aromatic heterocycles. The van der Waals surface area contributed by atoms with Crippen LogP contribution in [0.3, 0.4) is 0 Å². The van der Waals surface area contributed by atoms with Crippen molar-refractivity contribution >= 4 is 28.1 Å². The number of ether oxygens (including phenoxy) is 1. The highest BCUT2D eigenvalue weighted by molar-refractivity contribution is 5.93. The average Bonchev–Trinajstić information content (AvgIpc) is 2.60. The lowest BCUT2D eigenvalue weighted by atomic mass is 10.2. The number of hydrogen-bond donors (Lipinski definition) is 2. The molecule has 0 spiro atoms. The molecule has 0 unspecified atom stereocenters. The van der Waals surface area contributed by atoms with Crippen LogP contribution in [0.1, 0.15) is 5.82 Å². The Morgan fingerprint density at radius 1 is 1.09 bits per heavy atom. The van der Waals surface area contributed by atoms with Crippen LogP contribution >= 0.6 is 0 Å². The van der Waals surface area contributed by atoms with Crippen LogP contribution in [0.5, 0.6) is 5.75 Å². The minimum absolute atomic E-state index is 0.282. The predicted molar refractivity (Wildman–Crippen MR) is 92.9 cm³/mol. The van der Waals surface area contributed by atoms with E-state index in [2.05, 4.69) is 9.97 Å². The van der Waals surface area contributed by atoms with E-state index in [1.165, 1.54) is 0 Å². The van der Waals surface area contributed by atoms with Crippen LogP contribution in [0.25, 0.3) is 10.9 Å². The zero-order valence-electron chi connectivity index (χ0n) is 13.2. The van der Waals surface area contributed by atoms with Crippen molar-refractivity contribution < 1.29 is 4.74 Å². The van der Waals surface area contributed by atoms with E-state index in [-0.39, 0.29) is 6.54 Å². The summed E-state index contributed by atoms with van der Waals surface area (Å²) in [4.78, 5) is 11.0. The standard InChI is InChI=1S/C17H19N5O/c1-22(12-4-6-13(23-2)7-5-12)17-14-9-11(19)3-8-15(14)20-16(10-18)21-17/h3-9H,10,18-19H2,1-2H3. The minimum atomic E-state index is 0.282. The van der Waals surface area contributed by atoms with Crippen molar-refractivity contribution in [2.24, 2.45) is 5.73 Å². The molecular formula is C17H19N5O. The Morgan fingerprint density at radius 2 is 1.83 bits per heavy atom. The van der Waals surface area contributed by atoms with E-state index in [0.717, 1.165) is 28.2 Å². The molecule has 6 heteroatoms. The largest absolute Gasteiger partial charge is 0.497 e. The fourth-order valence-electron chi connectivity index (χ4n) is 2.45. The maximum Gasteiger partial charge on any atom is 0.144 e. The van der Waals surface area contributed by atoms with Crippen LogP contribution in [0.15, 0.2) is 42.5 Å². The number of anilines is 3. The molecule has 23 heavy (non-hydrogen) atoms. The Balaban J connectivity index is 2.14. The van der Waals surface area contributed by atoms with Gasteiger partial charge in [-0.05, 0) is 42.5 Å². The number of rotatable bonds is 4. The van der Waals surface area contributed by atoms with Gasteiger partial charge in [-0.15, -0.1) is 0 Å². The highest BCUT2D eigenvalue weighted by atomic mass is 16.5. The highest BCUT2D eigenvalue weighted by Gasteiger charge is 2.13. The first-order valence-corrected chi connectivity index (χ1v) is 7.26. The molecule has 3 aromatic rings. The van der Waals surface area contributed by atoms with Crippen LogP contribution in [-0.4, -0.2) is 24.1 Å². The van der Waals surface area contributed by atoms with Crippen molar-refractivity contribution in [1.82, 2.24) is 9.97 Å². The summed E-state index contributed by atoms with van der Waals surface area (Å²) < 4.78 is 5.20. The molecule has 6 nitrogen and oxygen atoms in total. The second-order valence-corrected chi connectivity index (χ2v) is 5.20. The highest BCUT2D eigenvalue weighted by Crippen LogP contribution is 2.30. The second kappa shape index (κ2) is 6.10. The molecule has 0 aliphatic heterocycles. The van der Waals surface area contributed by atoms with Gasteiger partial charge in [0.25, 0.3) is 0 Å². The number of nitrogens with two attached hydrogens (primary N) is 2. The van der Waals surface area contributed by atoms with Gasteiger partial charge in [0.15, 0.2) is 0 Å². The normalized spacial score (nSPS) is 10.7. The van der Waals surface area contributed by atoms with Gasteiger partial charge in [0.1, 0.15) is 17.4 Å². The van der Waals surface area contributed by atoms with E-state index < -0.39 is 0 Å². The van der Waals surface area contributed by atoms with Crippen LogP contribution in [0, 0.1) is 0 Å². The van der Waals surface area contributed by atoms with E-state index >= 15 is 0 Å². The first kappa shape index (κ1) is 15.1. The van der Waals surface area contributed by atoms with Gasteiger partial charge in [-0.1, -0.05) is 0 Å². The number of nitrogen functional groups attached to an aromatic ring is 1. The van der Waals surface area contributed by atoms with Crippen LogP contribution < -0.4 is 21.1 Å². The third kappa shape index (κ3) is 2.89. The third-order valence-electron chi connectivity index (χ3n) is 3.71. The maximum atomic E-state index is 5.92. The summed E-state index contributed by atoms with van der Waals surface area (Å²) in [7, 11) is 3.60. The lowest BCUT2D eigenvalue weighted by Crippen LogP contribution is -2.15. The van der Waals surface area contributed by atoms with Crippen LogP contribution in [0.2, 0.25) is 0 Å². The molecule has 0 saturated heterocycles. The lowest BCUT2D eigenvalue weighted by molar-refractivity contribution is 0.415. The molecule has 4 N–H and O–H groups in total. The fraction of sp³-hybridized carbons (Fsp3) is 0.176. The quantitative estimate of drug-likeness (QED) is 0.719. The molecular weight excluding hydrogens is 290 g/mol. The van der Waals surface area contributed by atoms with E-state index in [0.29, 0.717) is 11.5 Å². The summed E-state index contributed by atoms with van der Waals surface area (Å²) in [5, 5.41) is 0.889. The molecule has 118 valence electrons. The van der Waals surface area contributed by atoms with E-state index in [1.807, 2.05) is 54.4 Å². The summed E-state index contributed by atoms with van der Waals surface area (Å²) in [6.45, 7) is 0.282. The molecule has 0 aliphatic rings. The fourth-order valence-corrected chi connectivity index (χ4v) is 2.45. The van der Waals surface area contributed by atoms with Crippen molar-refractivity contribution in [3.63, 3.8) is 0 Å². The Kier molecular flexibility index (Phi) is 3.99. The Hall–Kier alpha value is -2.86. The monoisotopic (exact) mass is 309 g/mol. The Bertz CT molecular complexity index is 832. The molecule has 0 bridgehead atoms. The molecule has 2 aromatic carbocycles. The number of fused-ring (bicyclic) bond motifs is 1. The van der Waals surface area contributed by atoms with Gasteiger partial charge < -0.3 is 21.1 Å². The molecule has 0 saturated carbocycles.